The molecule has 0 spiro atoms. The van der Waals surface area contributed by atoms with Crippen LogP contribution in [0.2, 0.25) is 0 Å². The largest absolute Gasteiger partial charge is 0.504 e. The summed E-state index contributed by atoms with van der Waals surface area (Å²) < 4.78 is 22.9. The highest BCUT2D eigenvalue weighted by molar-refractivity contribution is 5.46. The van der Waals surface area contributed by atoms with Gasteiger partial charge in [0.25, 0.3) is 0 Å². The zero-order valence-electron chi connectivity index (χ0n) is 13.4. The molecule has 6 nitrogen and oxygen atoms in total. The lowest BCUT2D eigenvalue weighted by Gasteiger charge is -2.17. The number of hydrogen-bond acceptors (Lipinski definition) is 6. The number of ether oxygens (including phenoxy) is 4. The van der Waals surface area contributed by atoms with Crippen molar-refractivity contribution in [2.45, 2.75) is 12.2 Å². The van der Waals surface area contributed by atoms with Crippen molar-refractivity contribution in [1.82, 2.24) is 0 Å². The van der Waals surface area contributed by atoms with Crippen molar-refractivity contribution in [2.24, 2.45) is 11.8 Å². The Kier molecular flexibility index (Phi) is 3.29. The molecule has 3 heterocycles. The van der Waals surface area contributed by atoms with Crippen molar-refractivity contribution in [3.63, 3.8) is 0 Å². The van der Waals surface area contributed by atoms with Gasteiger partial charge < -0.3 is 29.2 Å². The summed E-state index contributed by atoms with van der Waals surface area (Å²) in [5.74, 6) is 1.71. The van der Waals surface area contributed by atoms with Gasteiger partial charge in [-0.15, -0.1) is 0 Å². The van der Waals surface area contributed by atoms with Crippen molar-refractivity contribution >= 4 is 0 Å². The highest BCUT2D eigenvalue weighted by Gasteiger charge is 2.48. The number of phenolic OH excluding ortho intramolecular Hbond substituents is 2. The molecule has 3 aliphatic rings. The van der Waals surface area contributed by atoms with Gasteiger partial charge in [-0.3, -0.25) is 0 Å². The summed E-state index contributed by atoms with van der Waals surface area (Å²) in [6.45, 7) is 1.44. The molecule has 2 N–H and O–H groups in total. The molecule has 2 fully saturated rings. The fourth-order valence-electron chi connectivity index (χ4n) is 4.04. The predicted octanol–water partition coefficient (Wildman–Crippen LogP) is 2.90. The average molecular weight is 342 g/mol. The molecule has 25 heavy (non-hydrogen) atoms. The van der Waals surface area contributed by atoms with Crippen molar-refractivity contribution in [3.8, 4) is 23.0 Å². The van der Waals surface area contributed by atoms with E-state index in [1.165, 1.54) is 6.07 Å². The minimum absolute atomic E-state index is 0.0461. The minimum Gasteiger partial charge on any atom is -0.504 e. The first-order valence-corrected chi connectivity index (χ1v) is 8.35. The van der Waals surface area contributed by atoms with E-state index in [0.717, 1.165) is 22.6 Å². The summed E-state index contributed by atoms with van der Waals surface area (Å²) in [6.07, 6.45) is -0.189. The Morgan fingerprint density at radius 1 is 0.720 bits per heavy atom. The standard InChI is InChI=1S/C19H18O6/c20-14-3-1-10(5-15(14)21)18-12-7-23-19(13(12)8-22-18)11-2-4-16-17(6-11)25-9-24-16/h1-6,12-13,18-21H,7-9H2/t12-,13-,18-,19-/m0/s1. The van der Waals surface area contributed by atoms with Gasteiger partial charge in [-0.25, -0.2) is 0 Å². The van der Waals surface area contributed by atoms with Crippen molar-refractivity contribution < 1.29 is 29.2 Å². The number of hydrogen-bond donors (Lipinski definition) is 2. The van der Waals surface area contributed by atoms with Gasteiger partial charge in [0.15, 0.2) is 23.0 Å². The second kappa shape index (κ2) is 5.54. The lowest BCUT2D eigenvalue weighted by atomic mass is 9.85. The van der Waals surface area contributed by atoms with Crippen LogP contribution in [0.15, 0.2) is 36.4 Å². The summed E-state index contributed by atoms with van der Waals surface area (Å²) in [6, 6.07) is 10.8. The maximum Gasteiger partial charge on any atom is 0.231 e. The SMILES string of the molecule is Oc1ccc([C@@H]2OC[C@H]3[C@@H]2CO[C@H]3c2ccc3c(c2)OCO3)cc1O. The molecule has 0 aliphatic carbocycles. The Balaban J connectivity index is 1.40. The fraction of sp³-hybridized carbons (Fsp3) is 0.368. The fourth-order valence-corrected chi connectivity index (χ4v) is 4.04. The van der Waals surface area contributed by atoms with Gasteiger partial charge in [0.1, 0.15) is 0 Å². The molecule has 0 bridgehead atoms. The Morgan fingerprint density at radius 2 is 1.36 bits per heavy atom. The van der Waals surface area contributed by atoms with E-state index < -0.39 is 0 Å². The van der Waals surface area contributed by atoms with Crippen molar-refractivity contribution in [2.75, 3.05) is 20.0 Å². The number of aromatic hydroxyl groups is 2. The van der Waals surface area contributed by atoms with Gasteiger partial charge in [-0.2, -0.15) is 0 Å². The van der Waals surface area contributed by atoms with Crippen LogP contribution in [0.25, 0.3) is 0 Å². The maximum absolute atomic E-state index is 9.76. The van der Waals surface area contributed by atoms with Crippen LogP contribution in [0.5, 0.6) is 23.0 Å². The van der Waals surface area contributed by atoms with Crippen LogP contribution < -0.4 is 9.47 Å². The van der Waals surface area contributed by atoms with E-state index in [-0.39, 0.29) is 42.3 Å². The second-order valence-electron chi connectivity index (χ2n) is 6.70. The molecule has 0 saturated carbocycles. The lowest BCUT2D eigenvalue weighted by Crippen LogP contribution is -2.14. The van der Waals surface area contributed by atoms with E-state index in [1.54, 1.807) is 12.1 Å². The highest BCUT2D eigenvalue weighted by atomic mass is 16.7. The number of phenols is 2. The van der Waals surface area contributed by atoms with Crippen LogP contribution in [0, 0.1) is 11.8 Å². The maximum atomic E-state index is 9.76. The molecule has 0 aromatic heterocycles. The Morgan fingerprint density at radius 3 is 2.08 bits per heavy atom. The molecule has 2 saturated heterocycles. The van der Waals surface area contributed by atoms with E-state index in [1.807, 2.05) is 18.2 Å². The van der Waals surface area contributed by atoms with Gasteiger partial charge >= 0.3 is 0 Å². The number of fused-ring (bicyclic) bond motifs is 2. The van der Waals surface area contributed by atoms with E-state index in [0.29, 0.717) is 13.2 Å². The van der Waals surface area contributed by atoms with Crippen LogP contribution in [0.1, 0.15) is 23.3 Å². The first-order chi connectivity index (χ1) is 12.2. The van der Waals surface area contributed by atoms with Crippen molar-refractivity contribution in [3.05, 3.63) is 47.5 Å². The third-order valence-corrected chi connectivity index (χ3v) is 5.32. The smallest absolute Gasteiger partial charge is 0.231 e. The molecule has 2 aromatic rings. The van der Waals surface area contributed by atoms with E-state index in [9.17, 15) is 10.2 Å². The lowest BCUT2D eigenvalue weighted by molar-refractivity contribution is 0.0191. The van der Waals surface area contributed by atoms with Gasteiger partial charge in [0.2, 0.25) is 6.79 Å². The van der Waals surface area contributed by atoms with E-state index >= 15 is 0 Å². The average Bonchev–Trinajstić information content (AvgIpc) is 3.31. The van der Waals surface area contributed by atoms with Crippen LogP contribution in [-0.2, 0) is 9.47 Å². The summed E-state index contributed by atoms with van der Waals surface area (Å²) in [5.41, 5.74) is 1.92. The third-order valence-electron chi connectivity index (χ3n) is 5.32. The highest BCUT2D eigenvalue weighted by Crippen LogP contribution is 2.51. The van der Waals surface area contributed by atoms with Crippen LogP contribution in [0.4, 0.5) is 0 Å². The summed E-state index contributed by atoms with van der Waals surface area (Å²) in [7, 11) is 0. The van der Waals surface area contributed by atoms with Gasteiger partial charge in [-0.05, 0) is 35.4 Å². The van der Waals surface area contributed by atoms with Gasteiger partial charge in [0.05, 0.1) is 25.4 Å². The minimum atomic E-state index is -0.143. The first-order valence-electron chi connectivity index (χ1n) is 8.35. The molecule has 4 atom stereocenters. The topological polar surface area (TPSA) is 77.4 Å². The monoisotopic (exact) mass is 342 g/mol. The number of rotatable bonds is 2. The summed E-state index contributed by atoms with van der Waals surface area (Å²) in [4.78, 5) is 0. The summed E-state index contributed by atoms with van der Waals surface area (Å²) >= 11 is 0. The second-order valence-corrected chi connectivity index (χ2v) is 6.70. The van der Waals surface area contributed by atoms with Crippen molar-refractivity contribution in [1.29, 1.82) is 0 Å². The zero-order valence-corrected chi connectivity index (χ0v) is 13.4. The Hall–Kier alpha value is -2.44. The third kappa shape index (κ3) is 2.33. The van der Waals surface area contributed by atoms with Gasteiger partial charge in [0, 0.05) is 11.8 Å². The Bertz CT molecular complexity index is 820. The van der Waals surface area contributed by atoms with E-state index in [4.69, 9.17) is 18.9 Å². The molecule has 0 radical (unpaired) electrons. The summed E-state index contributed by atoms with van der Waals surface area (Å²) in [5, 5.41) is 19.3. The normalized spacial score (nSPS) is 29.8. The predicted molar refractivity (Wildman–Crippen MR) is 86.7 cm³/mol. The molecule has 3 aliphatic heterocycles. The molecule has 0 amide bonds. The zero-order chi connectivity index (χ0) is 17.0. The molecule has 2 aromatic carbocycles. The molecular formula is C19H18O6. The first kappa shape index (κ1) is 14.9. The van der Waals surface area contributed by atoms with Crippen LogP contribution in [0.3, 0.4) is 0 Å². The van der Waals surface area contributed by atoms with Gasteiger partial charge in [-0.1, -0.05) is 12.1 Å². The van der Waals surface area contributed by atoms with E-state index in [2.05, 4.69) is 0 Å². The quantitative estimate of drug-likeness (QED) is 0.817. The molecule has 5 rings (SSSR count). The van der Waals surface area contributed by atoms with Crippen LogP contribution in [-0.4, -0.2) is 30.2 Å². The molecular weight excluding hydrogens is 324 g/mol. The Labute approximate surface area is 144 Å². The molecule has 0 unspecified atom stereocenters. The molecule has 6 heteroatoms. The molecule has 130 valence electrons. The number of benzene rings is 2. The van der Waals surface area contributed by atoms with Crippen LogP contribution >= 0.6 is 0 Å².